The maximum atomic E-state index is 12.7. The molecular weight excluding hydrogens is 274 g/mol. The zero-order valence-electron chi connectivity index (χ0n) is 12.1. The molecule has 0 atom stereocenters. The van der Waals surface area contributed by atoms with E-state index < -0.39 is 9.84 Å². The van der Waals surface area contributed by atoms with Gasteiger partial charge in [0.1, 0.15) is 5.75 Å². The normalized spacial score (nSPS) is 23.5. The molecule has 1 saturated carbocycles. The van der Waals surface area contributed by atoms with E-state index in [4.69, 9.17) is 10.5 Å². The minimum Gasteiger partial charge on any atom is -0.494 e. The van der Waals surface area contributed by atoms with Crippen LogP contribution in [0.25, 0.3) is 0 Å². The molecule has 0 aromatic heterocycles. The molecule has 0 amide bonds. The second-order valence-electron chi connectivity index (χ2n) is 5.56. The summed E-state index contributed by atoms with van der Waals surface area (Å²) >= 11 is 0. The molecular formula is C15H23NO3S. The van der Waals surface area contributed by atoms with Crippen LogP contribution >= 0.6 is 0 Å². The third-order valence-corrected chi connectivity index (χ3v) is 6.32. The third-order valence-electron chi connectivity index (χ3n) is 4.00. The molecule has 0 spiro atoms. The van der Waals surface area contributed by atoms with Crippen molar-refractivity contribution < 1.29 is 13.2 Å². The smallest absolute Gasteiger partial charge is 0.183 e. The molecule has 2 rings (SSSR count). The maximum Gasteiger partial charge on any atom is 0.183 e. The zero-order valence-corrected chi connectivity index (χ0v) is 12.9. The van der Waals surface area contributed by atoms with E-state index in [1.54, 1.807) is 18.2 Å². The van der Waals surface area contributed by atoms with Crippen LogP contribution < -0.4 is 10.5 Å². The fourth-order valence-corrected chi connectivity index (χ4v) is 4.67. The van der Waals surface area contributed by atoms with Crippen LogP contribution in [0.2, 0.25) is 0 Å². The number of anilines is 1. The van der Waals surface area contributed by atoms with Gasteiger partial charge in [-0.05, 0) is 50.7 Å². The van der Waals surface area contributed by atoms with E-state index >= 15 is 0 Å². The van der Waals surface area contributed by atoms with Crippen molar-refractivity contribution in [2.75, 3.05) is 12.3 Å². The molecule has 0 aliphatic heterocycles. The highest BCUT2D eigenvalue weighted by atomic mass is 32.2. The quantitative estimate of drug-likeness (QED) is 0.867. The van der Waals surface area contributed by atoms with Crippen molar-refractivity contribution in [1.29, 1.82) is 0 Å². The molecule has 0 bridgehead atoms. The first-order valence-corrected chi connectivity index (χ1v) is 8.76. The van der Waals surface area contributed by atoms with E-state index in [2.05, 4.69) is 6.92 Å². The summed E-state index contributed by atoms with van der Waals surface area (Å²) in [7, 11) is -3.36. The largest absolute Gasteiger partial charge is 0.494 e. The summed E-state index contributed by atoms with van der Waals surface area (Å²) < 4.78 is 30.9. The lowest BCUT2D eigenvalue weighted by Gasteiger charge is -2.26. The van der Waals surface area contributed by atoms with E-state index in [0.29, 0.717) is 24.0 Å². The first kappa shape index (κ1) is 15.2. The van der Waals surface area contributed by atoms with Crippen LogP contribution in [0.4, 0.5) is 5.69 Å². The standard InChI is InChI=1S/C15H23NO3S/c1-3-19-12-6-9-14(16)15(10-12)20(17,18)13-7-4-11(2)5-8-13/h6,9-11,13H,3-5,7-8,16H2,1-2H3. The summed E-state index contributed by atoms with van der Waals surface area (Å²) in [4.78, 5) is 0.225. The maximum absolute atomic E-state index is 12.7. The molecule has 5 heteroatoms. The number of hydrogen-bond donors (Lipinski definition) is 1. The van der Waals surface area contributed by atoms with Crippen LogP contribution in [0.5, 0.6) is 5.75 Å². The third kappa shape index (κ3) is 3.08. The number of hydrogen-bond acceptors (Lipinski definition) is 4. The van der Waals surface area contributed by atoms with Gasteiger partial charge in [-0.3, -0.25) is 0 Å². The zero-order chi connectivity index (χ0) is 14.8. The highest BCUT2D eigenvalue weighted by molar-refractivity contribution is 7.92. The molecule has 1 aromatic rings. The molecule has 1 aliphatic carbocycles. The molecule has 0 saturated heterocycles. The number of benzene rings is 1. The Bertz CT molecular complexity index is 560. The fourth-order valence-electron chi connectivity index (χ4n) is 2.74. The van der Waals surface area contributed by atoms with Crippen molar-refractivity contribution in [3.05, 3.63) is 18.2 Å². The van der Waals surface area contributed by atoms with Gasteiger partial charge in [-0.25, -0.2) is 8.42 Å². The van der Waals surface area contributed by atoms with Crippen molar-refractivity contribution >= 4 is 15.5 Å². The van der Waals surface area contributed by atoms with Gasteiger partial charge >= 0.3 is 0 Å². The van der Waals surface area contributed by atoms with Crippen LogP contribution in [0.3, 0.4) is 0 Å². The molecule has 0 radical (unpaired) electrons. The highest BCUT2D eigenvalue weighted by Crippen LogP contribution is 2.34. The number of sulfone groups is 1. The van der Waals surface area contributed by atoms with Crippen LogP contribution in [0.1, 0.15) is 39.5 Å². The first-order chi connectivity index (χ1) is 9.45. The Hall–Kier alpha value is -1.23. The first-order valence-electron chi connectivity index (χ1n) is 7.21. The lowest BCUT2D eigenvalue weighted by molar-refractivity contribution is 0.339. The van der Waals surface area contributed by atoms with Gasteiger partial charge in [0.15, 0.2) is 9.84 Å². The van der Waals surface area contributed by atoms with E-state index in [9.17, 15) is 8.42 Å². The predicted octanol–water partition coefficient (Wildman–Crippen LogP) is 3.02. The van der Waals surface area contributed by atoms with Gasteiger partial charge in [-0.2, -0.15) is 0 Å². The molecule has 0 unspecified atom stereocenters. The fraction of sp³-hybridized carbons (Fsp3) is 0.600. The average Bonchev–Trinajstić information content (AvgIpc) is 2.41. The van der Waals surface area contributed by atoms with Gasteiger partial charge in [-0.15, -0.1) is 0 Å². The predicted molar refractivity (Wildman–Crippen MR) is 80.6 cm³/mol. The van der Waals surface area contributed by atoms with Crippen molar-refractivity contribution in [2.24, 2.45) is 5.92 Å². The lowest BCUT2D eigenvalue weighted by Crippen LogP contribution is -2.27. The molecule has 1 aromatic carbocycles. The summed E-state index contributed by atoms with van der Waals surface area (Å²) in [5.41, 5.74) is 6.18. The summed E-state index contributed by atoms with van der Waals surface area (Å²) in [6.45, 7) is 4.55. The SMILES string of the molecule is CCOc1ccc(N)c(S(=O)(=O)C2CCC(C)CC2)c1. The Labute approximate surface area is 121 Å². The van der Waals surface area contributed by atoms with Crippen molar-refractivity contribution in [2.45, 2.75) is 49.7 Å². The van der Waals surface area contributed by atoms with Crippen LogP contribution in [-0.4, -0.2) is 20.3 Å². The molecule has 20 heavy (non-hydrogen) atoms. The number of nitrogens with two attached hydrogens (primary N) is 1. The van der Waals surface area contributed by atoms with Gasteiger partial charge < -0.3 is 10.5 Å². The Morgan fingerprint density at radius 1 is 1.25 bits per heavy atom. The van der Waals surface area contributed by atoms with Crippen molar-refractivity contribution in [1.82, 2.24) is 0 Å². The minimum absolute atomic E-state index is 0.225. The van der Waals surface area contributed by atoms with Crippen molar-refractivity contribution in [3.63, 3.8) is 0 Å². The topological polar surface area (TPSA) is 69.4 Å². The second-order valence-corrected chi connectivity index (χ2v) is 7.76. The highest BCUT2D eigenvalue weighted by Gasteiger charge is 2.32. The number of ether oxygens (including phenoxy) is 1. The minimum atomic E-state index is -3.36. The molecule has 1 aliphatic rings. The number of nitrogen functional groups attached to an aromatic ring is 1. The van der Waals surface area contributed by atoms with Gasteiger partial charge in [0.2, 0.25) is 0 Å². The summed E-state index contributed by atoms with van der Waals surface area (Å²) in [6.07, 6.45) is 3.38. The Balaban J connectivity index is 2.31. The lowest BCUT2D eigenvalue weighted by atomic mass is 9.91. The van der Waals surface area contributed by atoms with E-state index in [1.165, 1.54) is 0 Å². The van der Waals surface area contributed by atoms with E-state index in [1.807, 2.05) is 6.92 Å². The molecule has 4 nitrogen and oxygen atoms in total. The van der Waals surface area contributed by atoms with Crippen molar-refractivity contribution in [3.8, 4) is 5.75 Å². The Kier molecular flexibility index (Phi) is 4.58. The van der Waals surface area contributed by atoms with Gasteiger partial charge in [0, 0.05) is 6.07 Å². The van der Waals surface area contributed by atoms with Crippen LogP contribution in [0.15, 0.2) is 23.1 Å². The Morgan fingerprint density at radius 3 is 2.50 bits per heavy atom. The summed E-state index contributed by atoms with van der Waals surface area (Å²) in [5.74, 6) is 1.18. The second kappa shape index (κ2) is 6.04. The molecule has 2 N–H and O–H groups in total. The molecule has 1 fully saturated rings. The molecule has 0 heterocycles. The average molecular weight is 297 g/mol. The van der Waals surface area contributed by atoms with Gasteiger partial charge in [0.05, 0.1) is 22.4 Å². The van der Waals surface area contributed by atoms with Gasteiger partial charge in [-0.1, -0.05) is 6.92 Å². The summed E-state index contributed by atoms with van der Waals surface area (Å²) in [5, 5.41) is -0.308. The number of rotatable bonds is 4. The Morgan fingerprint density at radius 2 is 1.90 bits per heavy atom. The van der Waals surface area contributed by atoms with Crippen LogP contribution in [0, 0.1) is 5.92 Å². The monoisotopic (exact) mass is 297 g/mol. The van der Waals surface area contributed by atoms with Crippen LogP contribution in [-0.2, 0) is 9.84 Å². The van der Waals surface area contributed by atoms with E-state index in [0.717, 1.165) is 25.7 Å². The van der Waals surface area contributed by atoms with E-state index in [-0.39, 0.29) is 10.1 Å². The summed E-state index contributed by atoms with van der Waals surface area (Å²) in [6, 6.07) is 4.89. The molecule has 112 valence electrons. The van der Waals surface area contributed by atoms with Gasteiger partial charge in [0.25, 0.3) is 0 Å².